The molecule has 0 fully saturated rings. The van der Waals surface area contributed by atoms with E-state index >= 15 is 0 Å². The number of carbonyl (C=O) groups is 1. The molecule has 1 aromatic heterocycles. The fourth-order valence-corrected chi connectivity index (χ4v) is 3.05. The Kier molecular flexibility index (Phi) is 6.54. The van der Waals surface area contributed by atoms with E-state index in [0.717, 1.165) is 16.7 Å². The molecule has 0 aliphatic heterocycles. The number of nitrogens with zero attached hydrogens (tertiary/aromatic N) is 3. The van der Waals surface area contributed by atoms with Gasteiger partial charge in [0.25, 0.3) is 5.91 Å². The molecule has 0 N–H and O–H groups in total. The van der Waals surface area contributed by atoms with E-state index in [4.69, 9.17) is 20.9 Å². The third-order valence-corrected chi connectivity index (χ3v) is 5.12. The molecule has 3 aromatic rings. The maximum absolute atomic E-state index is 12.8. The highest BCUT2D eigenvalue weighted by Gasteiger charge is 2.21. The Bertz CT molecular complexity index is 963. The largest absolute Gasteiger partial charge is 0.484 e. The Morgan fingerprint density at radius 3 is 2.45 bits per heavy atom. The molecule has 0 saturated heterocycles. The highest BCUT2D eigenvalue weighted by atomic mass is 35.5. The van der Waals surface area contributed by atoms with Crippen LogP contribution in [0.5, 0.6) is 5.75 Å². The lowest BCUT2D eigenvalue weighted by Gasteiger charge is -2.25. The molecule has 0 radical (unpaired) electrons. The van der Waals surface area contributed by atoms with Gasteiger partial charge in [-0.3, -0.25) is 4.79 Å². The number of amides is 1. The van der Waals surface area contributed by atoms with Gasteiger partial charge in [-0.15, -0.1) is 0 Å². The molecule has 6 nitrogen and oxygen atoms in total. The van der Waals surface area contributed by atoms with Crippen molar-refractivity contribution in [2.75, 3.05) is 6.61 Å². The number of hydrogen-bond donors (Lipinski definition) is 0. The second-order valence-corrected chi connectivity index (χ2v) is 7.53. The molecule has 1 heterocycles. The zero-order valence-electron chi connectivity index (χ0n) is 17.0. The van der Waals surface area contributed by atoms with Crippen molar-refractivity contribution in [2.45, 2.75) is 40.3 Å². The summed E-state index contributed by atoms with van der Waals surface area (Å²) in [5.74, 6) is 1.33. The van der Waals surface area contributed by atoms with Crippen LogP contribution in [0.15, 0.2) is 47.0 Å². The van der Waals surface area contributed by atoms with Crippen LogP contribution in [0, 0.1) is 13.8 Å². The Morgan fingerprint density at radius 1 is 1.17 bits per heavy atom. The van der Waals surface area contributed by atoms with Crippen LogP contribution < -0.4 is 4.74 Å². The van der Waals surface area contributed by atoms with E-state index in [-0.39, 0.29) is 25.1 Å². The fraction of sp³-hybridized carbons (Fsp3) is 0.318. The van der Waals surface area contributed by atoms with Gasteiger partial charge in [-0.2, -0.15) is 4.98 Å². The first kappa shape index (κ1) is 20.9. The molecule has 0 saturated carbocycles. The molecule has 29 heavy (non-hydrogen) atoms. The van der Waals surface area contributed by atoms with Crippen molar-refractivity contribution in [3.05, 3.63) is 64.5 Å². The summed E-state index contributed by atoms with van der Waals surface area (Å²) < 4.78 is 11.1. The lowest BCUT2D eigenvalue weighted by atomic mass is 10.1. The van der Waals surface area contributed by atoms with Gasteiger partial charge in [0.15, 0.2) is 6.61 Å². The second kappa shape index (κ2) is 9.09. The molecular weight excluding hydrogens is 390 g/mol. The molecule has 0 aliphatic carbocycles. The van der Waals surface area contributed by atoms with Crippen LogP contribution >= 0.6 is 11.6 Å². The van der Waals surface area contributed by atoms with Crippen molar-refractivity contribution < 1.29 is 14.1 Å². The van der Waals surface area contributed by atoms with Gasteiger partial charge in [-0.05, 0) is 51.0 Å². The minimum atomic E-state index is -0.162. The first-order valence-electron chi connectivity index (χ1n) is 9.42. The highest BCUT2D eigenvalue weighted by molar-refractivity contribution is 6.32. The van der Waals surface area contributed by atoms with Crippen LogP contribution in [-0.4, -0.2) is 33.6 Å². The van der Waals surface area contributed by atoms with Crippen LogP contribution in [0.4, 0.5) is 0 Å². The number of hydrogen-bond acceptors (Lipinski definition) is 5. The van der Waals surface area contributed by atoms with Gasteiger partial charge in [-0.25, -0.2) is 0 Å². The van der Waals surface area contributed by atoms with Crippen molar-refractivity contribution >= 4 is 17.5 Å². The predicted molar refractivity (Wildman–Crippen MR) is 112 cm³/mol. The van der Waals surface area contributed by atoms with Gasteiger partial charge in [0.05, 0.1) is 0 Å². The summed E-state index contributed by atoms with van der Waals surface area (Å²) in [5.41, 5.74) is 2.69. The van der Waals surface area contributed by atoms with E-state index in [2.05, 4.69) is 10.1 Å². The van der Waals surface area contributed by atoms with Gasteiger partial charge in [0.2, 0.25) is 11.7 Å². The Morgan fingerprint density at radius 2 is 1.83 bits per heavy atom. The summed E-state index contributed by atoms with van der Waals surface area (Å²) in [5, 5.41) is 4.72. The molecule has 7 heteroatoms. The van der Waals surface area contributed by atoms with Crippen LogP contribution in [-0.2, 0) is 11.3 Å². The van der Waals surface area contributed by atoms with Crippen molar-refractivity contribution in [3.63, 3.8) is 0 Å². The lowest BCUT2D eigenvalue weighted by Crippen LogP contribution is -2.39. The molecule has 0 aliphatic rings. The van der Waals surface area contributed by atoms with E-state index in [1.807, 2.05) is 70.2 Å². The van der Waals surface area contributed by atoms with Gasteiger partial charge >= 0.3 is 0 Å². The Balaban J connectivity index is 1.67. The Hall–Kier alpha value is -2.86. The molecule has 3 rings (SSSR count). The maximum atomic E-state index is 12.8. The molecule has 0 atom stereocenters. The number of benzene rings is 2. The molecule has 152 valence electrons. The second-order valence-electron chi connectivity index (χ2n) is 7.15. The molecule has 0 bridgehead atoms. The summed E-state index contributed by atoms with van der Waals surface area (Å²) in [7, 11) is 0. The molecule has 2 aromatic carbocycles. The van der Waals surface area contributed by atoms with E-state index in [1.165, 1.54) is 0 Å². The first-order valence-corrected chi connectivity index (χ1v) is 9.80. The quantitative estimate of drug-likeness (QED) is 0.555. The van der Waals surface area contributed by atoms with Crippen molar-refractivity contribution in [1.29, 1.82) is 0 Å². The zero-order chi connectivity index (χ0) is 21.0. The first-order chi connectivity index (χ1) is 13.8. The van der Waals surface area contributed by atoms with E-state index in [1.54, 1.807) is 4.90 Å². The van der Waals surface area contributed by atoms with Gasteiger partial charge < -0.3 is 14.2 Å². The highest BCUT2D eigenvalue weighted by Crippen LogP contribution is 2.26. The maximum Gasteiger partial charge on any atom is 0.261 e. The number of carbonyl (C=O) groups excluding carboxylic acids is 1. The normalized spacial score (nSPS) is 11.0. The molecule has 0 spiro atoms. The van der Waals surface area contributed by atoms with Gasteiger partial charge in [-0.1, -0.05) is 47.1 Å². The summed E-state index contributed by atoms with van der Waals surface area (Å²) >= 11 is 6.19. The van der Waals surface area contributed by atoms with Crippen LogP contribution in [0.25, 0.3) is 11.4 Å². The standard InChI is InChI=1S/C22H24ClN3O3/c1-14(2)26(12-19-24-22(25-29-19)17-8-6-5-7-9-17)20(27)13-28-18-10-15(3)21(23)16(4)11-18/h5-11,14H,12-13H2,1-4H3. The van der Waals surface area contributed by atoms with E-state index in [9.17, 15) is 4.79 Å². The predicted octanol–water partition coefficient (Wildman–Crippen LogP) is 4.82. The summed E-state index contributed by atoms with van der Waals surface area (Å²) in [6.07, 6.45) is 0. The molecular formula is C22H24ClN3O3. The monoisotopic (exact) mass is 413 g/mol. The van der Waals surface area contributed by atoms with E-state index in [0.29, 0.717) is 22.5 Å². The third-order valence-electron chi connectivity index (χ3n) is 4.52. The Labute approximate surface area is 175 Å². The lowest BCUT2D eigenvalue weighted by molar-refractivity contribution is -0.136. The van der Waals surface area contributed by atoms with Crippen molar-refractivity contribution in [2.24, 2.45) is 0 Å². The average molecular weight is 414 g/mol. The number of halogens is 1. The van der Waals surface area contributed by atoms with Crippen LogP contribution in [0.3, 0.4) is 0 Å². The third kappa shape index (κ3) is 5.15. The van der Waals surface area contributed by atoms with E-state index < -0.39 is 0 Å². The van der Waals surface area contributed by atoms with Crippen LogP contribution in [0.2, 0.25) is 5.02 Å². The fourth-order valence-electron chi connectivity index (χ4n) is 2.95. The van der Waals surface area contributed by atoms with Gasteiger partial charge in [0, 0.05) is 16.6 Å². The number of ether oxygens (including phenoxy) is 1. The zero-order valence-corrected chi connectivity index (χ0v) is 17.7. The summed E-state index contributed by atoms with van der Waals surface area (Å²) in [6, 6.07) is 13.2. The summed E-state index contributed by atoms with van der Waals surface area (Å²) in [4.78, 5) is 18.8. The number of rotatable bonds is 7. The molecule has 1 amide bonds. The SMILES string of the molecule is Cc1cc(OCC(=O)N(Cc2nc(-c3ccccc3)no2)C(C)C)cc(C)c1Cl. The smallest absolute Gasteiger partial charge is 0.261 e. The van der Waals surface area contributed by atoms with Crippen LogP contribution in [0.1, 0.15) is 30.9 Å². The topological polar surface area (TPSA) is 68.5 Å². The number of aromatic nitrogens is 2. The van der Waals surface area contributed by atoms with Crippen molar-refractivity contribution in [3.8, 4) is 17.1 Å². The minimum absolute atomic E-state index is 0.0492. The van der Waals surface area contributed by atoms with Crippen molar-refractivity contribution in [1.82, 2.24) is 15.0 Å². The minimum Gasteiger partial charge on any atom is -0.484 e. The average Bonchev–Trinajstić information content (AvgIpc) is 3.17. The molecule has 0 unspecified atom stereocenters. The van der Waals surface area contributed by atoms with Gasteiger partial charge in [0.1, 0.15) is 12.3 Å². The summed E-state index contributed by atoms with van der Waals surface area (Å²) in [6.45, 7) is 7.82. The number of aryl methyl sites for hydroxylation is 2.